The first-order valence-corrected chi connectivity index (χ1v) is 9.36. The summed E-state index contributed by atoms with van der Waals surface area (Å²) in [7, 11) is 0. The zero-order chi connectivity index (χ0) is 19.6. The lowest BCUT2D eigenvalue weighted by Crippen LogP contribution is -2.30. The fourth-order valence-corrected chi connectivity index (χ4v) is 3.11. The molecule has 0 fully saturated rings. The molecule has 0 saturated heterocycles. The van der Waals surface area contributed by atoms with Gasteiger partial charge in [-0.3, -0.25) is 14.5 Å². The quantitative estimate of drug-likeness (QED) is 0.644. The molecule has 6 heteroatoms. The number of hydrogen-bond acceptors (Lipinski definition) is 3. The molecular weight excluding hydrogens is 385 g/mol. The molecule has 2 aromatic rings. The lowest BCUT2D eigenvalue weighted by molar-refractivity contribution is -0.137. The monoisotopic (exact) mass is 403 g/mol. The maximum atomic E-state index is 12.8. The van der Waals surface area contributed by atoms with Gasteiger partial charge in [0.1, 0.15) is 10.8 Å². The Morgan fingerprint density at radius 2 is 1.56 bits per heavy atom. The number of amides is 2. The Morgan fingerprint density at radius 1 is 0.926 bits per heavy atom. The van der Waals surface area contributed by atoms with Crippen LogP contribution < -0.4 is 4.74 Å². The highest BCUT2D eigenvalue weighted by molar-refractivity contribution is 6.55. The van der Waals surface area contributed by atoms with Crippen LogP contribution >= 0.6 is 23.2 Å². The van der Waals surface area contributed by atoms with Crippen LogP contribution in [0.3, 0.4) is 0 Å². The van der Waals surface area contributed by atoms with E-state index in [9.17, 15) is 9.59 Å². The van der Waals surface area contributed by atoms with Crippen molar-refractivity contribution in [3.63, 3.8) is 0 Å². The summed E-state index contributed by atoms with van der Waals surface area (Å²) in [5.74, 6) is 0.221. The van der Waals surface area contributed by atoms with Crippen LogP contribution in [-0.4, -0.2) is 23.3 Å². The minimum Gasteiger partial charge on any atom is -0.493 e. The van der Waals surface area contributed by atoms with Crippen LogP contribution in [0, 0.1) is 5.92 Å². The molecular formula is C21H19Cl2NO3. The lowest BCUT2D eigenvalue weighted by Gasteiger charge is -2.15. The fraction of sp³-hybridized carbons (Fsp3) is 0.238. The van der Waals surface area contributed by atoms with Crippen molar-refractivity contribution in [3.8, 4) is 5.75 Å². The summed E-state index contributed by atoms with van der Waals surface area (Å²) in [5.41, 5.74) is 1.60. The Balaban J connectivity index is 1.78. The van der Waals surface area contributed by atoms with Gasteiger partial charge in [0.05, 0.1) is 18.7 Å². The third kappa shape index (κ3) is 4.34. The summed E-state index contributed by atoms with van der Waals surface area (Å²) in [6.07, 6.45) is 0. The molecule has 0 aromatic heterocycles. The SMILES string of the molecule is CC(C)COc1ccc(C2=C(Cl)C(=O)N(Cc3ccc(Cl)cc3)C2=O)cc1. The van der Waals surface area contributed by atoms with Gasteiger partial charge in [-0.1, -0.05) is 61.3 Å². The predicted molar refractivity (Wildman–Crippen MR) is 107 cm³/mol. The van der Waals surface area contributed by atoms with Gasteiger partial charge in [-0.15, -0.1) is 0 Å². The number of rotatable bonds is 6. The average Bonchev–Trinajstić information content (AvgIpc) is 2.86. The standard InChI is InChI=1S/C21H19Cl2NO3/c1-13(2)12-27-17-9-5-15(6-10-17)18-19(23)21(26)24(20(18)25)11-14-3-7-16(22)8-4-14/h3-10,13H,11-12H2,1-2H3. The number of hydrogen-bond donors (Lipinski definition) is 0. The van der Waals surface area contributed by atoms with Crippen molar-refractivity contribution in [2.45, 2.75) is 20.4 Å². The third-order valence-electron chi connectivity index (χ3n) is 4.09. The molecule has 2 aromatic carbocycles. The Bertz CT molecular complexity index is 887. The largest absolute Gasteiger partial charge is 0.493 e. The van der Waals surface area contributed by atoms with Crippen molar-refractivity contribution in [2.75, 3.05) is 6.61 Å². The highest BCUT2D eigenvalue weighted by Crippen LogP contribution is 2.33. The Hall–Kier alpha value is -2.30. The average molecular weight is 404 g/mol. The minimum atomic E-state index is -0.494. The number of halogens is 2. The fourth-order valence-electron chi connectivity index (χ4n) is 2.69. The molecule has 0 radical (unpaired) electrons. The number of nitrogens with zero attached hydrogens (tertiary/aromatic N) is 1. The summed E-state index contributed by atoms with van der Waals surface area (Å²) in [6.45, 7) is 4.88. The molecule has 1 aliphatic heterocycles. The number of imide groups is 1. The molecule has 0 saturated carbocycles. The van der Waals surface area contributed by atoms with Gasteiger partial charge in [-0.2, -0.15) is 0 Å². The van der Waals surface area contributed by atoms with Crippen LogP contribution in [0.25, 0.3) is 5.57 Å². The van der Waals surface area contributed by atoms with Gasteiger partial charge in [0.2, 0.25) is 0 Å². The summed E-state index contributed by atoms with van der Waals surface area (Å²) >= 11 is 12.1. The molecule has 0 N–H and O–H groups in total. The molecule has 3 rings (SSSR count). The van der Waals surface area contributed by atoms with Crippen LogP contribution in [0.1, 0.15) is 25.0 Å². The Morgan fingerprint density at radius 3 is 2.15 bits per heavy atom. The van der Waals surface area contributed by atoms with E-state index in [1.165, 1.54) is 0 Å². The van der Waals surface area contributed by atoms with Crippen molar-refractivity contribution in [2.24, 2.45) is 5.92 Å². The van der Waals surface area contributed by atoms with Gasteiger partial charge in [-0.25, -0.2) is 0 Å². The Kier molecular flexibility index (Phi) is 5.88. The summed E-state index contributed by atoms with van der Waals surface area (Å²) in [5, 5.41) is 0.527. The first-order chi connectivity index (χ1) is 12.9. The number of carbonyl (C=O) groups excluding carboxylic acids is 2. The van der Waals surface area contributed by atoms with Gasteiger partial charge in [0.15, 0.2) is 0 Å². The van der Waals surface area contributed by atoms with Crippen molar-refractivity contribution in [3.05, 3.63) is 69.7 Å². The van der Waals surface area contributed by atoms with Crippen molar-refractivity contribution in [1.82, 2.24) is 4.90 Å². The van der Waals surface area contributed by atoms with Crippen LogP contribution in [0.15, 0.2) is 53.6 Å². The van der Waals surface area contributed by atoms with E-state index in [0.717, 1.165) is 10.5 Å². The van der Waals surface area contributed by atoms with Crippen LogP contribution in [0.4, 0.5) is 0 Å². The molecule has 140 valence electrons. The molecule has 0 spiro atoms. The molecule has 0 bridgehead atoms. The summed E-state index contributed by atoms with van der Waals surface area (Å²) in [6, 6.07) is 14.0. The van der Waals surface area contributed by atoms with Crippen molar-refractivity contribution in [1.29, 1.82) is 0 Å². The highest BCUT2D eigenvalue weighted by Gasteiger charge is 2.38. The molecule has 0 aliphatic carbocycles. The van der Waals surface area contributed by atoms with Crippen LogP contribution in [-0.2, 0) is 16.1 Å². The molecule has 0 atom stereocenters. The smallest absolute Gasteiger partial charge is 0.273 e. The number of benzene rings is 2. The van der Waals surface area contributed by atoms with E-state index in [1.54, 1.807) is 48.5 Å². The van der Waals surface area contributed by atoms with Gasteiger partial charge >= 0.3 is 0 Å². The molecule has 27 heavy (non-hydrogen) atoms. The van der Waals surface area contributed by atoms with Gasteiger partial charge in [-0.05, 0) is 41.3 Å². The molecule has 2 amide bonds. The topological polar surface area (TPSA) is 46.6 Å². The molecule has 4 nitrogen and oxygen atoms in total. The van der Waals surface area contributed by atoms with E-state index in [2.05, 4.69) is 13.8 Å². The third-order valence-corrected chi connectivity index (χ3v) is 4.69. The van der Waals surface area contributed by atoms with Gasteiger partial charge < -0.3 is 4.74 Å². The highest BCUT2D eigenvalue weighted by atomic mass is 35.5. The second kappa shape index (κ2) is 8.15. The summed E-state index contributed by atoms with van der Waals surface area (Å²) < 4.78 is 5.65. The van der Waals surface area contributed by atoms with Gasteiger partial charge in [0, 0.05) is 5.02 Å². The van der Waals surface area contributed by atoms with Crippen molar-refractivity contribution < 1.29 is 14.3 Å². The van der Waals surface area contributed by atoms with E-state index in [-0.39, 0.29) is 17.2 Å². The van der Waals surface area contributed by atoms with E-state index in [0.29, 0.717) is 28.9 Å². The maximum absolute atomic E-state index is 12.8. The first-order valence-electron chi connectivity index (χ1n) is 8.60. The van der Waals surface area contributed by atoms with Crippen molar-refractivity contribution >= 4 is 40.6 Å². The molecule has 1 heterocycles. The first kappa shape index (κ1) is 19.5. The van der Waals surface area contributed by atoms with E-state index in [4.69, 9.17) is 27.9 Å². The Labute approximate surface area is 168 Å². The second-order valence-electron chi connectivity index (χ2n) is 6.74. The molecule has 1 aliphatic rings. The predicted octanol–water partition coefficient (Wildman–Crippen LogP) is 4.89. The second-order valence-corrected chi connectivity index (χ2v) is 7.56. The number of ether oxygens (including phenoxy) is 1. The van der Waals surface area contributed by atoms with E-state index in [1.807, 2.05) is 0 Å². The minimum absolute atomic E-state index is 0.0650. The van der Waals surface area contributed by atoms with E-state index < -0.39 is 11.8 Å². The van der Waals surface area contributed by atoms with Crippen LogP contribution in [0.5, 0.6) is 5.75 Å². The van der Waals surface area contributed by atoms with E-state index >= 15 is 0 Å². The zero-order valence-corrected chi connectivity index (χ0v) is 16.6. The van der Waals surface area contributed by atoms with Gasteiger partial charge in [0.25, 0.3) is 11.8 Å². The van der Waals surface area contributed by atoms with Crippen LogP contribution in [0.2, 0.25) is 5.02 Å². The zero-order valence-electron chi connectivity index (χ0n) is 15.0. The summed E-state index contributed by atoms with van der Waals surface area (Å²) in [4.78, 5) is 26.4. The maximum Gasteiger partial charge on any atom is 0.273 e. The lowest BCUT2D eigenvalue weighted by atomic mass is 10.1. The molecule has 0 unspecified atom stereocenters. The normalized spacial score (nSPS) is 14.5. The number of carbonyl (C=O) groups is 2.